The summed E-state index contributed by atoms with van der Waals surface area (Å²) in [5.41, 5.74) is 0. The van der Waals surface area contributed by atoms with Crippen molar-refractivity contribution in [3.05, 3.63) is 0 Å². The molecule has 4 nitrogen and oxygen atoms in total. The van der Waals surface area contributed by atoms with E-state index in [2.05, 4.69) is 13.8 Å². The highest BCUT2D eigenvalue weighted by Gasteiger charge is 2.32. The van der Waals surface area contributed by atoms with Crippen molar-refractivity contribution in [2.45, 2.75) is 37.2 Å². The van der Waals surface area contributed by atoms with Gasteiger partial charge in [-0.2, -0.15) is 11.8 Å². The molecule has 1 atom stereocenters. The Morgan fingerprint density at radius 1 is 1.44 bits per heavy atom. The van der Waals surface area contributed by atoms with Gasteiger partial charge in [-0.1, -0.05) is 13.8 Å². The molecule has 6 heteroatoms. The molecule has 1 heterocycles. The molecule has 1 aliphatic rings. The minimum atomic E-state index is -3.32. The molecule has 0 aromatic heterocycles. The maximum absolute atomic E-state index is 12.0. The van der Waals surface area contributed by atoms with Crippen molar-refractivity contribution in [1.82, 2.24) is 4.31 Å². The van der Waals surface area contributed by atoms with Crippen LogP contribution in [-0.2, 0) is 10.0 Å². The van der Waals surface area contributed by atoms with Crippen LogP contribution < -0.4 is 0 Å². The van der Waals surface area contributed by atoms with E-state index in [9.17, 15) is 8.42 Å². The first-order valence-electron chi connectivity index (χ1n) is 5.53. The van der Waals surface area contributed by atoms with Crippen LogP contribution in [0.4, 0.5) is 0 Å². The number of thioether (sulfide) groups is 1. The lowest BCUT2D eigenvalue weighted by Gasteiger charge is -2.24. The van der Waals surface area contributed by atoms with E-state index >= 15 is 0 Å². The maximum Gasteiger partial charge on any atom is 0.219 e. The predicted molar refractivity (Wildman–Crippen MR) is 68.2 cm³/mol. The van der Waals surface area contributed by atoms with Crippen molar-refractivity contribution < 1.29 is 13.5 Å². The monoisotopic (exact) mass is 267 g/mol. The molecule has 0 bridgehead atoms. The summed E-state index contributed by atoms with van der Waals surface area (Å²) in [7, 11) is -3.32. The van der Waals surface area contributed by atoms with Gasteiger partial charge < -0.3 is 5.11 Å². The van der Waals surface area contributed by atoms with E-state index in [0.29, 0.717) is 13.1 Å². The molecule has 1 saturated heterocycles. The second-order valence-corrected chi connectivity index (χ2v) is 8.95. The molecule has 1 unspecified atom stereocenters. The van der Waals surface area contributed by atoms with Gasteiger partial charge in [0.05, 0.1) is 11.9 Å². The predicted octanol–water partition coefficient (Wildman–Crippen LogP) is 0.914. The molecule has 1 fully saturated rings. The summed E-state index contributed by atoms with van der Waals surface area (Å²) >= 11 is 1.81. The maximum atomic E-state index is 12.0. The van der Waals surface area contributed by atoms with Gasteiger partial charge in [-0.25, -0.2) is 12.7 Å². The molecule has 1 rings (SSSR count). The van der Waals surface area contributed by atoms with Crippen LogP contribution in [0, 0.1) is 0 Å². The van der Waals surface area contributed by atoms with Crippen molar-refractivity contribution in [3.8, 4) is 0 Å². The number of sulfonamides is 1. The van der Waals surface area contributed by atoms with Crippen molar-refractivity contribution in [1.29, 1.82) is 0 Å². The Labute approximate surface area is 102 Å². The summed E-state index contributed by atoms with van der Waals surface area (Å²) in [5, 5.41) is 8.27. The van der Waals surface area contributed by atoms with E-state index in [1.54, 1.807) is 6.92 Å². The Hall–Kier alpha value is 0.220. The van der Waals surface area contributed by atoms with Crippen molar-refractivity contribution in [2.24, 2.45) is 0 Å². The number of hydrogen-bond donors (Lipinski definition) is 1. The zero-order chi connectivity index (χ0) is 12.4. The normalized spacial score (nSPS) is 25.0. The van der Waals surface area contributed by atoms with Gasteiger partial charge in [0.15, 0.2) is 0 Å². The summed E-state index contributed by atoms with van der Waals surface area (Å²) < 4.78 is 25.7. The molecule has 1 aliphatic heterocycles. The van der Waals surface area contributed by atoms with E-state index in [4.69, 9.17) is 5.11 Å². The Kier molecular flexibility index (Phi) is 4.68. The molecule has 16 heavy (non-hydrogen) atoms. The molecule has 0 radical (unpaired) electrons. The highest BCUT2D eigenvalue weighted by molar-refractivity contribution is 8.00. The van der Waals surface area contributed by atoms with Crippen LogP contribution in [0.5, 0.6) is 0 Å². The quantitative estimate of drug-likeness (QED) is 0.826. The lowest BCUT2D eigenvalue weighted by atomic mass is 10.1. The van der Waals surface area contributed by atoms with Crippen molar-refractivity contribution in [2.75, 3.05) is 25.4 Å². The third kappa shape index (κ3) is 3.35. The largest absolute Gasteiger partial charge is 0.395 e. The first-order valence-corrected chi connectivity index (χ1v) is 8.02. The van der Waals surface area contributed by atoms with E-state index in [1.165, 1.54) is 4.31 Å². The number of aliphatic hydroxyl groups excluding tert-OH is 1. The van der Waals surface area contributed by atoms with Crippen LogP contribution in [0.2, 0.25) is 0 Å². The van der Waals surface area contributed by atoms with Gasteiger partial charge in [0, 0.05) is 23.6 Å². The fourth-order valence-corrected chi connectivity index (χ4v) is 4.21. The van der Waals surface area contributed by atoms with Gasteiger partial charge in [-0.15, -0.1) is 0 Å². The molecule has 0 aromatic carbocycles. The average Bonchev–Trinajstić information content (AvgIpc) is 2.38. The Morgan fingerprint density at radius 2 is 2.06 bits per heavy atom. The van der Waals surface area contributed by atoms with Gasteiger partial charge >= 0.3 is 0 Å². The summed E-state index contributed by atoms with van der Waals surface area (Å²) in [4.78, 5) is 0. The van der Waals surface area contributed by atoms with Crippen LogP contribution in [0.25, 0.3) is 0 Å². The molecular weight excluding hydrogens is 246 g/mol. The molecule has 0 spiro atoms. The minimum Gasteiger partial charge on any atom is -0.395 e. The molecule has 0 saturated carbocycles. The summed E-state index contributed by atoms with van der Waals surface area (Å²) in [6, 6.07) is 0. The second-order valence-electron chi connectivity index (χ2n) is 4.80. The van der Waals surface area contributed by atoms with Crippen LogP contribution in [0.3, 0.4) is 0 Å². The smallest absolute Gasteiger partial charge is 0.219 e. The third-order valence-corrected chi connectivity index (χ3v) is 6.55. The van der Waals surface area contributed by atoms with Gasteiger partial charge in [0.2, 0.25) is 10.0 Å². The van der Waals surface area contributed by atoms with E-state index in [1.807, 2.05) is 11.8 Å². The van der Waals surface area contributed by atoms with Crippen molar-refractivity contribution >= 4 is 21.8 Å². The third-order valence-electron chi connectivity index (χ3n) is 2.92. The standard InChI is InChI=1S/C10H21NO3S2/c1-9(8-12)16(13,14)11-5-4-10(2,3)15-7-6-11/h9,12H,4-8H2,1-3H3. The number of aliphatic hydroxyl groups is 1. The molecular formula is C10H21NO3S2. The lowest BCUT2D eigenvalue weighted by Crippen LogP contribution is -2.40. The highest BCUT2D eigenvalue weighted by atomic mass is 32.2. The van der Waals surface area contributed by atoms with Gasteiger partial charge in [-0.05, 0) is 13.3 Å². The first-order chi connectivity index (χ1) is 7.29. The van der Waals surface area contributed by atoms with Crippen LogP contribution in [0.1, 0.15) is 27.2 Å². The van der Waals surface area contributed by atoms with Gasteiger partial charge in [-0.3, -0.25) is 0 Å². The molecule has 0 amide bonds. The number of hydrogen-bond acceptors (Lipinski definition) is 4. The topological polar surface area (TPSA) is 57.6 Å². The fraction of sp³-hybridized carbons (Fsp3) is 1.00. The number of nitrogens with zero attached hydrogens (tertiary/aromatic N) is 1. The Morgan fingerprint density at radius 3 is 2.62 bits per heavy atom. The fourth-order valence-electron chi connectivity index (χ4n) is 1.60. The Bertz CT molecular complexity index is 327. The first kappa shape index (κ1) is 14.3. The number of rotatable bonds is 3. The van der Waals surface area contributed by atoms with Gasteiger partial charge in [0.1, 0.15) is 0 Å². The van der Waals surface area contributed by atoms with E-state index in [0.717, 1.165) is 12.2 Å². The van der Waals surface area contributed by atoms with Crippen LogP contribution in [-0.4, -0.2) is 53.3 Å². The summed E-state index contributed by atoms with van der Waals surface area (Å²) in [6.45, 7) is 6.65. The van der Waals surface area contributed by atoms with E-state index < -0.39 is 15.3 Å². The average molecular weight is 267 g/mol. The summed E-state index contributed by atoms with van der Waals surface area (Å²) in [6.07, 6.45) is 0.856. The van der Waals surface area contributed by atoms with Crippen LogP contribution >= 0.6 is 11.8 Å². The molecule has 0 aliphatic carbocycles. The molecule has 0 aromatic rings. The van der Waals surface area contributed by atoms with E-state index in [-0.39, 0.29) is 11.4 Å². The van der Waals surface area contributed by atoms with Crippen molar-refractivity contribution in [3.63, 3.8) is 0 Å². The lowest BCUT2D eigenvalue weighted by molar-refractivity contribution is 0.289. The zero-order valence-corrected chi connectivity index (χ0v) is 11.8. The molecule has 1 N–H and O–H groups in total. The highest BCUT2D eigenvalue weighted by Crippen LogP contribution is 2.31. The van der Waals surface area contributed by atoms with Gasteiger partial charge in [0.25, 0.3) is 0 Å². The second kappa shape index (κ2) is 5.25. The SMILES string of the molecule is CC(CO)S(=O)(=O)N1CCSC(C)(C)CC1. The summed E-state index contributed by atoms with van der Waals surface area (Å²) in [5.74, 6) is 0.824. The molecule has 96 valence electrons. The minimum absolute atomic E-state index is 0.146. The van der Waals surface area contributed by atoms with Crippen LogP contribution in [0.15, 0.2) is 0 Å². The Balaban J connectivity index is 2.75. The zero-order valence-electron chi connectivity index (χ0n) is 10.1.